The zero-order chi connectivity index (χ0) is 25.7. The molecule has 2 aromatic rings. The maximum atomic E-state index is 13.1. The fourth-order valence-electron chi connectivity index (χ4n) is 2.75. The Labute approximate surface area is 199 Å². The van der Waals surface area contributed by atoms with Crippen molar-refractivity contribution in [2.75, 3.05) is 26.6 Å². The van der Waals surface area contributed by atoms with E-state index in [0.717, 1.165) is 0 Å². The second-order valence-electron chi connectivity index (χ2n) is 8.24. The van der Waals surface area contributed by atoms with Crippen molar-refractivity contribution in [3.8, 4) is 17.2 Å². The van der Waals surface area contributed by atoms with Crippen LogP contribution in [0.2, 0.25) is 0 Å². The summed E-state index contributed by atoms with van der Waals surface area (Å²) in [5.74, 6) is 0.102. The number of sulfonamides is 1. The number of benzene rings is 2. The summed E-state index contributed by atoms with van der Waals surface area (Å²) in [5.41, 5.74) is -0.0208. The number of carbonyl (C=O) groups excluding carboxylic acids is 2. The summed E-state index contributed by atoms with van der Waals surface area (Å²) < 4.78 is 38.9. The van der Waals surface area contributed by atoms with Crippen LogP contribution in [0.25, 0.3) is 6.08 Å². The van der Waals surface area contributed by atoms with Gasteiger partial charge in [0.05, 0.1) is 26.2 Å². The molecule has 10 nitrogen and oxygen atoms in total. The van der Waals surface area contributed by atoms with E-state index >= 15 is 0 Å². The van der Waals surface area contributed by atoms with Crippen LogP contribution in [0.15, 0.2) is 47.0 Å². The van der Waals surface area contributed by atoms with Crippen LogP contribution in [0.4, 0.5) is 5.69 Å². The highest BCUT2D eigenvalue weighted by Crippen LogP contribution is 2.38. The van der Waals surface area contributed by atoms with Gasteiger partial charge < -0.3 is 24.8 Å². The number of anilines is 1. The van der Waals surface area contributed by atoms with Gasteiger partial charge >= 0.3 is 0 Å². The maximum Gasteiger partial charge on any atom is 0.272 e. The summed E-state index contributed by atoms with van der Waals surface area (Å²) in [6, 6.07) is 8.56. The molecular formula is C23H29N3O7S. The zero-order valence-corrected chi connectivity index (χ0v) is 20.7. The molecule has 2 rings (SSSR count). The number of ether oxygens (including phenoxy) is 3. The van der Waals surface area contributed by atoms with E-state index in [9.17, 15) is 18.0 Å². The minimum absolute atomic E-state index is 0.0512. The zero-order valence-electron chi connectivity index (χ0n) is 19.9. The lowest BCUT2D eigenvalue weighted by Gasteiger charge is -2.19. The minimum atomic E-state index is -3.87. The van der Waals surface area contributed by atoms with Crippen molar-refractivity contribution < 1.29 is 32.2 Å². The fourth-order valence-corrected chi connectivity index (χ4v) is 3.26. The Kier molecular flexibility index (Phi) is 8.30. The Bertz CT molecular complexity index is 1170. The van der Waals surface area contributed by atoms with Crippen LogP contribution in [0.3, 0.4) is 0 Å². The first-order chi connectivity index (χ1) is 15.8. The summed E-state index contributed by atoms with van der Waals surface area (Å²) in [6.07, 6.45) is 1.46. The first-order valence-corrected chi connectivity index (χ1v) is 11.6. The summed E-state index contributed by atoms with van der Waals surface area (Å²) in [6.45, 7) is 5.13. The lowest BCUT2D eigenvalue weighted by molar-refractivity contribution is -0.128. The first-order valence-electron chi connectivity index (χ1n) is 10.1. The number of carbonyl (C=O) groups is 2. The smallest absolute Gasteiger partial charge is 0.272 e. The second kappa shape index (κ2) is 10.6. The van der Waals surface area contributed by atoms with E-state index in [1.807, 2.05) is 0 Å². The molecule has 0 bridgehead atoms. The molecule has 0 aromatic heterocycles. The SMILES string of the molecule is COc1cc(/C=C(/NC(=O)C(C)(C)C)C(=O)Nc2ccc(S(N)(=O)=O)cc2)cc(OC)c1OC. The topological polar surface area (TPSA) is 146 Å². The van der Waals surface area contributed by atoms with E-state index in [-0.39, 0.29) is 16.5 Å². The van der Waals surface area contributed by atoms with Gasteiger partial charge in [-0.15, -0.1) is 0 Å². The predicted octanol–water partition coefficient (Wildman–Crippen LogP) is 2.50. The molecule has 2 aromatic carbocycles. The Balaban J connectivity index is 2.48. The van der Waals surface area contributed by atoms with Gasteiger partial charge in [0.1, 0.15) is 5.70 Å². The van der Waals surface area contributed by atoms with Crippen LogP contribution < -0.4 is 30.0 Å². The van der Waals surface area contributed by atoms with Gasteiger partial charge in [0.25, 0.3) is 5.91 Å². The fraction of sp³-hybridized carbons (Fsp3) is 0.304. The molecule has 4 N–H and O–H groups in total. The summed E-state index contributed by atoms with van der Waals surface area (Å²) in [7, 11) is 0.527. The van der Waals surface area contributed by atoms with Crippen LogP contribution in [0.5, 0.6) is 17.2 Å². The van der Waals surface area contributed by atoms with E-state index in [1.54, 1.807) is 32.9 Å². The molecule has 0 heterocycles. The molecule has 0 saturated carbocycles. The van der Waals surface area contributed by atoms with Gasteiger partial charge in [0.15, 0.2) is 11.5 Å². The van der Waals surface area contributed by atoms with Gasteiger partial charge in [-0.1, -0.05) is 20.8 Å². The summed E-state index contributed by atoms with van der Waals surface area (Å²) >= 11 is 0. The molecule has 11 heteroatoms. The quantitative estimate of drug-likeness (QED) is 0.481. The molecule has 0 aliphatic heterocycles. The van der Waals surface area contributed by atoms with Gasteiger partial charge in [0, 0.05) is 11.1 Å². The van der Waals surface area contributed by atoms with Gasteiger partial charge in [-0.05, 0) is 48.0 Å². The molecule has 0 fully saturated rings. The van der Waals surface area contributed by atoms with Crippen LogP contribution in [-0.2, 0) is 19.6 Å². The summed E-state index contributed by atoms with van der Waals surface area (Å²) in [5, 5.41) is 10.4. The molecule has 0 saturated heterocycles. The van der Waals surface area contributed by atoms with Gasteiger partial charge in [-0.25, -0.2) is 13.6 Å². The number of rotatable bonds is 8. The Morgan fingerprint density at radius 2 is 1.47 bits per heavy atom. The molecular weight excluding hydrogens is 462 g/mol. The van der Waals surface area contributed by atoms with Crippen LogP contribution in [-0.4, -0.2) is 41.6 Å². The lowest BCUT2D eigenvalue weighted by atomic mass is 9.95. The Morgan fingerprint density at radius 1 is 0.941 bits per heavy atom. The van der Waals surface area contributed by atoms with Crippen LogP contribution in [0, 0.1) is 5.41 Å². The number of primary sulfonamides is 1. The monoisotopic (exact) mass is 491 g/mol. The van der Waals surface area contributed by atoms with Crippen LogP contribution >= 0.6 is 0 Å². The molecule has 34 heavy (non-hydrogen) atoms. The van der Waals surface area contributed by atoms with Gasteiger partial charge in [-0.2, -0.15) is 0 Å². The lowest BCUT2D eigenvalue weighted by Crippen LogP contribution is -2.38. The molecule has 0 aliphatic rings. The number of methoxy groups -OCH3 is 3. The molecule has 0 atom stereocenters. The number of nitrogens with two attached hydrogens (primary N) is 1. The largest absolute Gasteiger partial charge is 0.493 e. The van der Waals surface area contributed by atoms with Gasteiger partial charge in [0.2, 0.25) is 21.7 Å². The molecule has 0 aliphatic carbocycles. The molecule has 184 valence electrons. The molecule has 0 unspecified atom stereocenters. The number of hydrogen-bond donors (Lipinski definition) is 3. The average molecular weight is 492 g/mol. The predicted molar refractivity (Wildman–Crippen MR) is 128 cm³/mol. The normalized spacial score (nSPS) is 12.0. The third kappa shape index (κ3) is 6.72. The maximum absolute atomic E-state index is 13.1. The highest BCUT2D eigenvalue weighted by Gasteiger charge is 2.24. The van der Waals surface area contributed by atoms with Crippen molar-refractivity contribution in [3.05, 3.63) is 47.7 Å². The van der Waals surface area contributed by atoms with Crippen LogP contribution in [0.1, 0.15) is 26.3 Å². The molecule has 0 spiro atoms. The van der Waals surface area contributed by atoms with Crippen molar-refractivity contribution in [2.45, 2.75) is 25.7 Å². The van der Waals surface area contributed by atoms with Crippen molar-refractivity contribution in [2.24, 2.45) is 10.6 Å². The van der Waals surface area contributed by atoms with Crippen molar-refractivity contribution >= 4 is 33.6 Å². The third-order valence-electron chi connectivity index (χ3n) is 4.61. The highest BCUT2D eigenvalue weighted by molar-refractivity contribution is 7.89. The van der Waals surface area contributed by atoms with E-state index in [2.05, 4.69) is 10.6 Å². The van der Waals surface area contributed by atoms with E-state index in [0.29, 0.717) is 28.5 Å². The molecule has 0 radical (unpaired) electrons. The minimum Gasteiger partial charge on any atom is -0.493 e. The van der Waals surface area contributed by atoms with Crippen molar-refractivity contribution in [3.63, 3.8) is 0 Å². The number of amides is 2. The highest BCUT2D eigenvalue weighted by atomic mass is 32.2. The molecule has 2 amide bonds. The van der Waals surface area contributed by atoms with Crippen molar-refractivity contribution in [1.82, 2.24) is 5.32 Å². The average Bonchev–Trinajstić information content (AvgIpc) is 2.76. The summed E-state index contributed by atoms with van der Waals surface area (Å²) in [4.78, 5) is 25.6. The Morgan fingerprint density at radius 3 is 1.88 bits per heavy atom. The van der Waals surface area contributed by atoms with Gasteiger partial charge in [-0.3, -0.25) is 9.59 Å². The standard InChI is InChI=1S/C23H29N3O7S/c1-23(2,3)22(28)26-17(11-14-12-18(31-4)20(33-6)19(13-14)32-5)21(27)25-15-7-9-16(10-8-15)34(24,29)30/h7-13H,1-6H3,(H,25,27)(H,26,28)(H2,24,29,30)/b17-11+. The number of hydrogen-bond acceptors (Lipinski definition) is 7. The van der Waals surface area contributed by atoms with E-state index in [4.69, 9.17) is 19.3 Å². The number of nitrogens with one attached hydrogen (secondary N) is 2. The van der Waals surface area contributed by atoms with Crippen molar-refractivity contribution in [1.29, 1.82) is 0 Å². The van der Waals surface area contributed by atoms with E-state index < -0.39 is 21.3 Å². The first kappa shape index (κ1) is 26.7. The third-order valence-corrected chi connectivity index (χ3v) is 5.54. The Hall–Kier alpha value is -3.57. The second-order valence-corrected chi connectivity index (χ2v) is 9.81. The van der Waals surface area contributed by atoms with E-state index in [1.165, 1.54) is 51.7 Å².